The van der Waals surface area contributed by atoms with Gasteiger partial charge in [0.15, 0.2) is 11.4 Å². The molecule has 6 N–H and O–H groups in total. The van der Waals surface area contributed by atoms with Crippen LogP contribution < -0.4 is 5.73 Å². The highest BCUT2D eigenvalue weighted by atomic mass is 35.5. The van der Waals surface area contributed by atoms with Crippen LogP contribution in [0.3, 0.4) is 0 Å². The van der Waals surface area contributed by atoms with Crippen LogP contribution in [0.2, 0.25) is 5.02 Å². The standard InChI is InChI=1S/C29H36ClN3O7/c1-12-6-5-7-13(2)33(12)11-15-10-18(34)20-16(22(15)30)8-14-9-17-23(32(3)4)25(36)21(28(31)39)27(38)29(17,40)26(37)19(14)24(20)35/h10,12-14,17,23,34,36-37,40H,5-9,11H2,1-4H3,(H2,31,39)/t12-,13?,14-,17-,23-,29-/m0/s1. The Kier molecular flexibility index (Phi) is 7.06. The van der Waals surface area contributed by atoms with E-state index in [1.54, 1.807) is 14.1 Å². The van der Waals surface area contributed by atoms with Gasteiger partial charge < -0.3 is 26.2 Å². The number of nitrogens with two attached hydrogens (primary N) is 1. The molecule has 216 valence electrons. The van der Waals surface area contributed by atoms with Crippen LogP contribution in [0.25, 0.3) is 0 Å². The number of benzene rings is 1. The van der Waals surface area contributed by atoms with Gasteiger partial charge in [-0.2, -0.15) is 0 Å². The zero-order valence-corrected chi connectivity index (χ0v) is 23.8. The first-order valence-corrected chi connectivity index (χ1v) is 14.0. The first kappa shape index (κ1) is 28.6. The van der Waals surface area contributed by atoms with Crippen molar-refractivity contribution in [2.45, 2.75) is 76.2 Å². The average molecular weight is 574 g/mol. The number of fused-ring (bicyclic) bond motifs is 3. The fourth-order valence-corrected chi connectivity index (χ4v) is 7.74. The summed E-state index contributed by atoms with van der Waals surface area (Å²) in [6.45, 7) is 4.83. The summed E-state index contributed by atoms with van der Waals surface area (Å²) in [5.74, 6) is -6.77. The number of aliphatic hydroxyl groups excluding tert-OH is 2. The molecule has 4 aliphatic rings. The molecule has 1 heterocycles. The molecule has 0 bridgehead atoms. The summed E-state index contributed by atoms with van der Waals surface area (Å²) in [5, 5.41) is 45.4. The average Bonchev–Trinajstić information content (AvgIpc) is 2.86. The highest BCUT2D eigenvalue weighted by molar-refractivity contribution is 6.33. The number of allylic oxidation sites excluding steroid dienone is 1. The van der Waals surface area contributed by atoms with Crippen LogP contribution in [0.5, 0.6) is 5.75 Å². The zero-order chi connectivity index (χ0) is 29.4. The van der Waals surface area contributed by atoms with Crippen LogP contribution in [0.15, 0.2) is 28.7 Å². The lowest BCUT2D eigenvalue weighted by molar-refractivity contribution is -0.148. The van der Waals surface area contributed by atoms with E-state index in [-0.39, 0.29) is 29.7 Å². The van der Waals surface area contributed by atoms with E-state index >= 15 is 0 Å². The third-order valence-corrected chi connectivity index (χ3v) is 9.93. The monoisotopic (exact) mass is 573 g/mol. The lowest BCUT2D eigenvalue weighted by Crippen LogP contribution is -2.63. The van der Waals surface area contributed by atoms with E-state index in [0.717, 1.165) is 19.3 Å². The quantitative estimate of drug-likeness (QED) is 0.340. The Morgan fingerprint density at radius 2 is 1.80 bits per heavy atom. The number of aromatic hydroxyl groups is 1. The molecule has 1 aromatic carbocycles. The fraction of sp³-hybridized carbons (Fsp3) is 0.552. The number of carbonyl (C=O) groups excluding carboxylic acids is 3. The molecule has 10 nitrogen and oxygen atoms in total. The minimum atomic E-state index is -2.66. The number of nitrogens with zero attached hydrogens (tertiary/aromatic N) is 2. The molecule has 1 aromatic rings. The normalized spacial score (nSPS) is 32.7. The van der Waals surface area contributed by atoms with E-state index in [1.807, 2.05) is 0 Å². The number of hydrogen-bond donors (Lipinski definition) is 5. The van der Waals surface area contributed by atoms with E-state index < -0.39 is 58.0 Å². The summed E-state index contributed by atoms with van der Waals surface area (Å²) in [6, 6.07) is 1.10. The molecular formula is C29H36ClN3O7. The fourth-order valence-electron chi connectivity index (χ4n) is 7.45. The van der Waals surface area contributed by atoms with Gasteiger partial charge in [0, 0.05) is 35.1 Å². The van der Waals surface area contributed by atoms with Crippen molar-refractivity contribution in [2.75, 3.05) is 14.1 Å². The highest BCUT2D eigenvalue weighted by Gasteiger charge is 2.63. The van der Waals surface area contributed by atoms with Gasteiger partial charge in [0.1, 0.15) is 22.8 Å². The molecule has 1 fully saturated rings. The smallest absolute Gasteiger partial charge is 0.255 e. The Hall–Kier alpha value is -2.92. The Balaban J connectivity index is 1.62. The summed E-state index contributed by atoms with van der Waals surface area (Å²) in [4.78, 5) is 43.2. The van der Waals surface area contributed by atoms with Gasteiger partial charge in [0.2, 0.25) is 5.78 Å². The number of phenolic OH excluding ortho intramolecular Hbond substituents is 1. The molecule has 5 rings (SSSR count). The summed E-state index contributed by atoms with van der Waals surface area (Å²) < 4.78 is 0. The van der Waals surface area contributed by atoms with Crippen molar-refractivity contribution >= 4 is 29.1 Å². The summed E-state index contributed by atoms with van der Waals surface area (Å²) >= 11 is 6.91. The molecule has 3 aliphatic carbocycles. The topological polar surface area (TPSA) is 165 Å². The largest absolute Gasteiger partial charge is 0.510 e. The van der Waals surface area contributed by atoms with E-state index in [0.29, 0.717) is 34.8 Å². The Bertz CT molecular complexity index is 1380. The maximum Gasteiger partial charge on any atom is 0.255 e. The van der Waals surface area contributed by atoms with Crippen LogP contribution in [-0.2, 0) is 22.6 Å². The lowest BCUT2D eigenvalue weighted by Gasteiger charge is -2.50. The molecule has 1 aliphatic heterocycles. The first-order valence-electron chi connectivity index (χ1n) is 13.6. The van der Waals surface area contributed by atoms with Crippen LogP contribution >= 0.6 is 11.6 Å². The molecule has 0 aromatic heterocycles. The molecule has 0 radical (unpaired) electrons. The summed E-state index contributed by atoms with van der Waals surface area (Å²) in [7, 11) is 3.19. The van der Waals surface area contributed by atoms with Crippen molar-refractivity contribution in [2.24, 2.45) is 17.6 Å². The molecule has 40 heavy (non-hydrogen) atoms. The van der Waals surface area contributed by atoms with Gasteiger partial charge in [0.05, 0.1) is 11.6 Å². The minimum absolute atomic E-state index is 0.0211. The number of rotatable bonds is 4. The van der Waals surface area contributed by atoms with Gasteiger partial charge >= 0.3 is 0 Å². The van der Waals surface area contributed by atoms with E-state index in [2.05, 4.69) is 18.7 Å². The van der Waals surface area contributed by atoms with Gasteiger partial charge in [-0.25, -0.2) is 0 Å². The molecule has 1 amide bonds. The van der Waals surface area contributed by atoms with E-state index in [4.69, 9.17) is 17.3 Å². The molecule has 11 heteroatoms. The first-order chi connectivity index (χ1) is 18.7. The number of Topliss-reactive ketones (excluding diaryl/α,β-unsaturated/α-hetero) is 2. The number of aliphatic hydroxyl groups is 3. The molecule has 0 spiro atoms. The SMILES string of the molecule is CC1CCC[C@H](C)N1Cc1cc(O)c2c(c1Cl)C[C@H]1C[C@H]3[C@H](N(C)C)C(O)=C(C(N)=O)C(=O)[C@@]3(O)C(O)=C1C2=O. The molecule has 1 unspecified atom stereocenters. The summed E-state index contributed by atoms with van der Waals surface area (Å²) in [5.41, 5.74) is 2.76. The number of likely N-dealkylation sites (N-methyl/N-ethyl adjacent to an activating group) is 1. The van der Waals surface area contributed by atoms with Crippen molar-refractivity contribution in [1.82, 2.24) is 9.80 Å². The van der Waals surface area contributed by atoms with E-state index in [1.165, 1.54) is 11.0 Å². The number of carbonyl (C=O) groups is 3. The van der Waals surface area contributed by atoms with E-state index in [9.17, 15) is 34.8 Å². The maximum absolute atomic E-state index is 13.8. The highest BCUT2D eigenvalue weighted by Crippen LogP contribution is 2.53. The number of likely N-dealkylation sites (tertiary alicyclic amines) is 1. The number of amides is 1. The zero-order valence-electron chi connectivity index (χ0n) is 23.1. The predicted molar refractivity (Wildman–Crippen MR) is 147 cm³/mol. The van der Waals surface area contributed by atoms with Gasteiger partial charge in [-0.1, -0.05) is 18.0 Å². The minimum Gasteiger partial charge on any atom is -0.510 e. The maximum atomic E-state index is 13.8. The Morgan fingerprint density at radius 1 is 1.18 bits per heavy atom. The number of halogens is 1. The van der Waals surface area contributed by atoms with Crippen molar-refractivity contribution in [3.05, 3.63) is 50.4 Å². The second-order valence-electron chi connectivity index (χ2n) is 12.0. The van der Waals surface area contributed by atoms with Crippen molar-refractivity contribution < 1.29 is 34.8 Å². The van der Waals surface area contributed by atoms with Crippen molar-refractivity contribution in [3.8, 4) is 5.75 Å². The van der Waals surface area contributed by atoms with Crippen molar-refractivity contribution in [3.63, 3.8) is 0 Å². The van der Waals surface area contributed by atoms with Gasteiger partial charge in [0.25, 0.3) is 5.91 Å². The molecular weight excluding hydrogens is 538 g/mol. The molecule has 0 saturated carbocycles. The number of primary amides is 1. The third kappa shape index (κ3) is 3.99. The number of hydrogen-bond acceptors (Lipinski definition) is 9. The summed E-state index contributed by atoms with van der Waals surface area (Å²) in [6.07, 6.45) is 3.45. The van der Waals surface area contributed by atoms with Crippen LogP contribution in [0.1, 0.15) is 61.0 Å². The van der Waals surface area contributed by atoms with Gasteiger partial charge in [-0.05, 0) is 76.7 Å². The second kappa shape index (κ2) is 9.87. The number of ketones is 2. The van der Waals surface area contributed by atoms with Gasteiger partial charge in [-0.15, -0.1) is 0 Å². The van der Waals surface area contributed by atoms with Gasteiger partial charge in [-0.3, -0.25) is 24.2 Å². The Labute approximate surface area is 237 Å². The van der Waals surface area contributed by atoms with Crippen LogP contribution in [0.4, 0.5) is 0 Å². The lowest BCUT2D eigenvalue weighted by atomic mass is 9.58. The third-order valence-electron chi connectivity index (χ3n) is 9.46. The van der Waals surface area contributed by atoms with Crippen molar-refractivity contribution in [1.29, 1.82) is 0 Å². The number of phenols is 1. The van der Waals surface area contributed by atoms with Crippen LogP contribution in [0, 0.1) is 11.8 Å². The van der Waals surface area contributed by atoms with Crippen LogP contribution in [-0.4, -0.2) is 85.5 Å². The molecule has 6 atom stereocenters. The Morgan fingerprint density at radius 3 is 2.38 bits per heavy atom. The molecule has 1 saturated heterocycles. The number of piperidine rings is 1. The predicted octanol–water partition coefficient (Wildman–Crippen LogP) is 2.54. The second-order valence-corrected chi connectivity index (χ2v) is 12.4.